The van der Waals surface area contributed by atoms with Crippen molar-refractivity contribution in [3.8, 4) is 12.1 Å². The summed E-state index contributed by atoms with van der Waals surface area (Å²) in [6, 6.07) is 11.7. The summed E-state index contributed by atoms with van der Waals surface area (Å²) in [5.74, 6) is 0. The lowest BCUT2D eigenvalue weighted by Gasteiger charge is -2.18. The first-order valence-electron chi connectivity index (χ1n) is 5.85. The van der Waals surface area contributed by atoms with Gasteiger partial charge in [0.1, 0.15) is 12.1 Å². The second-order valence-corrected chi connectivity index (χ2v) is 4.23. The van der Waals surface area contributed by atoms with Gasteiger partial charge in [0.25, 0.3) is 0 Å². The quantitative estimate of drug-likeness (QED) is 0.894. The fraction of sp³-hybridized carbons (Fsp3) is 0.214. The second kappa shape index (κ2) is 5.34. The van der Waals surface area contributed by atoms with Crippen LogP contribution in [0.3, 0.4) is 0 Å². The van der Waals surface area contributed by atoms with E-state index in [1.165, 1.54) is 6.33 Å². The molecule has 1 heterocycles. The molecule has 1 unspecified atom stereocenters. The van der Waals surface area contributed by atoms with Gasteiger partial charge >= 0.3 is 0 Å². The van der Waals surface area contributed by atoms with Crippen LogP contribution >= 0.6 is 0 Å². The van der Waals surface area contributed by atoms with Crippen molar-refractivity contribution in [1.82, 2.24) is 9.55 Å². The first-order chi connectivity index (χ1) is 9.21. The molecule has 2 N–H and O–H groups in total. The van der Waals surface area contributed by atoms with Crippen molar-refractivity contribution in [2.45, 2.75) is 13.0 Å². The molecule has 0 amide bonds. The van der Waals surface area contributed by atoms with Gasteiger partial charge in [0.15, 0.2) is 11.4 Å². The summed E-state index contributed by atoms with van der Waals surface area (Å²) in [5, 5.41) is 18.1. The van der Waals surface area contributed by atoms with Crippen LogP contribution in [-0.2, 0) is 0 Å². The van der Waals surface area contributed by atoms with Crippen LogP contribution in [0.25, 0.3) is 0 Å². The Balaban J connectivity index is 2.49. The van der Waals surface area contributed by atoms with E-state index in [0.29, 0.717) is 6.54 Å². The summed E-state index contributed by atoms with van der Waals surface area (Å²) in [6.07, 6.45) is 1.49. The van der Waals surface area contributed by atoms with Crippen LogP contribution in [-0.4, -0.2) is 16.1 Å². The standard InChI is InChI=1S/C14H13N5/c1-10-2-4-11(5-3-10)13(7-16)19-9-18-12(6-15)14(19)8-17/h2-5,9,13H,7,16H2,1H3. The molecule has 0 saturated heterocycles. The van der Waals surface area contributed by atoms with Crippen molar-refractivity contribution >= 4 is 0 Å². The highest BCUT2D eigenvalue weighted by atomic mass is 15.1. The average Bonchev–Trinajstić information content (AvgIpc) is 2.84. The maximum Gasteiger partial charge on any atom is 0.176 e. The highest BCUT2D eigenvalue weighted by molar-refractivity contribution is 5.38. The first kappa shape index (κ1) is 12.8. The Morgan fingerprint density at radius 2 is 1.95 bits per heavy atom. The summed E-state index contributed by atoms with van der Waals surface area (Å²) in [5.41, 5.74) is 8.34. The smallest absolute Gasteiger partial charge is 0.176 e. The Morgan fingerprint density at radius 1 is 1.26 bits per heavy atom. The van der Waals surface area contributed by atoms with Crippen LogP contribution < -0.4 is 5.73 Å². The number of hydrogen-bond donors (Lipinski definition) is 1. The van der Waals surface area contributed by atoms with Crippen LogP contribution in [0.1, 0.15) is 28.6 Å². The van der Waals surface area contributed by atoms with E-state index < -0.39 is 0 Å². The van der Waals surface area contributed by atoms with Gasteiger partial charge < -0.3 is 10.3 Å². The molecule has 0 fully saturated rings. The molecule has 1 aromatic heterocycles. The summed E-state index contributed by atoms with van der Waals surface area (Å²) in [6.45, 7) is 2.34. The number of aryl methyl sites for hydroxylation is 1. The highest BCUT2D eigenvalue weighted by Gasteiger charge is 2.18. The summed E-state index contributed by atoms with van der Waals surface area (Å²) >= 11 is 0. The van der Waals surface area contributed by atoms with Gasteiger partial charge in [0, 0.05) is 6.54 Å². The second-order valence-electron chi connectivity index (χ2n) is 4.23. The van der Waals surface area contributed by atoms with E-state index in [0.717, 1.165) is 11.1 Å². The maximum atomic E-state index is 9.15. The fourth-order valence-corrected chi connectivity index (χ4v) is 1.99. The molecular weight excluding hydrogens is 238 g/mol. The van der Waals surface area contributed by atoms with Crippen molar-refractivity contribution < 1.29 is 0 Å². The molecule has 0 saturated carbocycles. The number of imidazole rings is 1. The van der Waals surface area contributed by atoms with Gasteiger partial charge in [-0.1, -0.05) is 29.8 Å². The van der Waals surface area contributed by atoms with Crippen molar-refractivity contribution in [3.05, 3.63) is 53.1 Å². The number of rotatable bonds is 3. The predicted octanol–water partition coefficient (Wildman–Crippen LogP) is 1.48. The molecule has 0 bridgehead atoms. The maximum absolute atomic E-state index is 9.15. The minimum absolute atomic E-state index is 0.132. The van der Waals surface area contributed by atoms with E-state index in [9.17, 15) is 0 Å². The molecule has 0 aliphatic rings. The lowest BCUT2D eigenvalue weighted by molar-refractivity contribution is 0.588. The largest absolute Gasteiger partial charge is 0.328 e. The summed E-state index contributed by atoms with van der Waals surface area (Å²) < 4.78 is 1.66. The number of nitriles is 2. The Morgan fingerprint density at radius 3 is 2.47 bits per heavy atom. The van der Waals surface area contributed by atoms with Crippen LogP contribution in [0.2, 0.25) is 0 Å². The van der Waals surface area contributed by atoms with E-state index in [-0.39, 0.29) is 17.4 Å². The molecule has 19 heavy (non-hydrogen) atoms. The summed E-state index contributed by atoms with van der Waals surface area (Å²) in [4.78, 5) is 3.94. The van der Waals surface area contributed by atoms with E-state index >= 15 is 0 Å². The molecule has 1 atom stereocenters. The number of benzene rings is 1. The molecule has 0 aliphatic heterocycles. The average molecular weight is 251 g/mol. The van der Waals surface area contributed by atoms with Gasteiger partial charge in [0.05, 0.1) is 12.4 Å². The Bertz CT molecular complexity index is 655. The van der Waals surface area contributed by atoms with Crippen LogP contribution in [0.4, 0.5) is 0 Å². The first-order valence-corrected chi connectivity index (χ1v) is 5.85. The van der Waals surface area contributed by atoms with Gasteiger partial charge in [0.2, 0.25) is 0 Å². The Hall–Kier alpha value is -2.63. The van der Waals surface area contributed by atoms with E-state index in [4.69, 9.17) is 16.3 Å². The number of nitrogens with two attached hydrogens (primary N) is 1. The van der Waals surface area contributed by atoms with Crippen molar-refractivity contribution in [1.29, 1.82) is 10.5 Å². The summed E-state index contributed by atoms with van der Waals surface area (Å²) in [7, 11) is 0. The zero-order valence-electron chi connectivity index (χ0n) is 10.5. The number of nitrogens with zero attached hydrogens (tertiary/aromatic N) is 4. The molecule has 2 aromatic rings. The Labute approximate surface area is 111 Å². The third-order valence-electron chi connectivity index (χ3n) is 3.03. The van der Waals surface area contributed by atoms with Crippen LogP contribution in [0, 0.1) is 29.6 Å². The SMILES string of the molecule is Cc1ccc(C(CN)n2cnc(C#N)c2C#N)cc1. The zero-order valence-corrected chi connectivity index (χ0v) is 10.5. The highest BCUT2D eigenvalue weighted by Crippen LogP contribution is 2.21. The molecule has 1 aromatic carbocycles. The van der Waals surface area contributed by atoms with Crippen LogP contribution in [0.15, 0.2) is 30.6 Å². The molecule has 0 aliphatic carbocycles. The van der Waals surface area contributed by atoms with Crippen molar-refractivity contribution in [2.24, 2.45) is 5.73 Å². The number of aromatic nitrogens is 2. The van der Waals surface area contributed by atoms with Gasteiger partial charge in [-0.2, -0.15) is 10.5 Å². The van der Waals surface area contributed by atoms with Gasteiger partial charge in [-0.25, -0.2) is 4.98 Å². The predicted molar refractivity (Wildman–Crippen MR) is 70.0 cm³/mol. The lowest BCUT2D eigenvalue weighted by atomic mass is 10.0. The molecule has 94 valence electrons. The zero-order chi connectivity index (χ0) is 13.8. The molecule has 0 radical (unpaired) electrons. The third-order valence-corrected chi connectivity index (χ3v) is 3.03. The monoisotopic (exact) mass is 251 g/mol. The topological polar surface area (TPSA) is 91.4 Å². The van der Waals surface area contributed by atoms with E-state index in [2.05, 4.69) is 4.98 Å². The van der Waals surface area contributed by atoms with Crippen molar-refractivity contribution in [3.63, 3.8) is 0 Å². The van der Waals surface area contributed by atoms with Gasteiger partial charge in [-0.15, -0.1) is 0 Å². The van der Waals surface area contributed by atoms with Gasteiger partial charge in [-0.3, -0.25) is 0 Å². The van der Waals surface area contributed by atoms with Gasteiger partial charge in [-0.05, 0) is 12.5 Å². The molecule has 5 nitrogen and oxygen atoms in total. The number of hydrogen-bond acceptors (Lipinski definition) is 4. The fourth-order valence-electron chi connectivity index (χ4n) is 1.99. The van der Waals surface area contributed by atoms with E-state index in [1.54, 1.807) is 4.57 Å². The van der Waals surface area contributed by atoms with Crippen molar-refractivity contribution in [2.75, 3.05) is 6.54 Å². The molecule has 2 rings (SSSR count). The minimum Gasteiger partial charge on any atom is -0.328 e. The molecular formula is C14H13N5. The molecule has 5 heteroatoms. The minimum atomic E-state index is -0.190. The van der Waals surface area contributed by atoms with Crippen LogP contribution in [0.5, 0.6) is 0 Å². The van der Waals surface area contributed by atoms with E-state index in [1.807, 2.05) is 43.3 Å². The normalized spacial score (nSPS) is 11.6. The Kier molecular flexibility index (Phi) is 3.61. The lowest BCUT2D eigenvalue weighted by Crippen LogP contribution is -2.21. The third kappa shape index (κ3) is 2.33. The molecule has 0 spiro atoms.